The molecule has 0 N–H and O–H groups in total. The zero-order valence-electron chi connectivity index (χ0n) is 15.6. The van der Waals surface area contributed by atoms with Crippen molar-refractivity contribution in [2.75, 3.05) is 45.2 Å². The number of anilines is 1. The first-order valence-electron chi connectivity index (χ1n) is 8.65. The van der Waals surface area contributed by atoms with Crippen LogP contribution < -0.4 is 4.90 Å². The lowest BCUT2D eigenvalue weighted by molar-refractivity contribution is 0.385. The van der Waals surface area contributed by atoms with Gasteiger partial charge in [-0.05, 0) is 36.4 Å². The van der Waals surface area contributed by atoms with Crippen LogP contribution in [-0.2, 0) is 20.0 Å². The van der Waals surface area contributed by atoms with E-state index in [2.05, 4.69) is 4.90 Å². The minimum atomic E-state index is -3.79. The molecule has 10 heteroatoms. The molecule has 152 valence electrons. The summed E-state index contributed by atoms with van der Waals surface area (Å²) in [6.07, 6.45) is 0. The van der Waals surface area contributed by atoms with Crippen LogP contribution in [0.3, 0.4) is 0 Å². The third kappa shape index (κ3) is 4.18. The normalized spacial score (nSPS) is 16.5. The van der Waals surface area contributed by atoms with Crippen LogP contribution in [0.25, 0.3) is 0 Å². The summed E-state index contributed by atoms with van der Waals surface area (Å²) < 4.78 is 53.1. The lowest BCUT2D eigenvalue weighted by Crippen LogP contribution is -2.48. The van der Waals surface area contributed by atoms with Gasteiger partial charge < -0.3 is 4.90 Å². The van der Waals surface area contributed by atoms with Gasteiger partial charge in [0.15, 0.2) is 0 Å². The van der Waals surface area contributed by atoms with E-state index in [-0.39, 0.29) is 9.79 Å². The zero-order chi connectivity index (χ0) is 20.5. The van der Waals surface area contributed by atoms with Crippen molar-refractivity contribution in [2.45, 2.75) is 9.79 Å². The van der Waals surface area contributed by atoms with Crippen LogP contribution in [0.5, 0.6) is 0 Å². The number of hydrogen-bond acceptors (Lipinski definition) is 5. The Balaban J connectivity index is 1.80. The number of piperazine rings is 1. The van der Waals surface area contributed by atoms with E-state index < -0.39 is 20.0 Å². The van der Waals surface area contributed by atoms with Gasteiger partial charge in [0.25, 0.3) is 0 Å². The molecule has 0 amide bonds. The highest BCUT2D eigenvalue weighted by atomic mass is 35.5. The van der Waals surface area contributed by atoms with Gasteiger partial charge in [-0.15, -0.1) is 0 Å². The molecule has 1 fully saturated rings. The quantitative estimate of drug-likeness (QED) is 0.707. The fourth-order valence-corrected chi connectivity index (χ4v) is 5.69. The highest BCUT2D eigenvalue weighted by Gasteiger charge is 2.30. The smallest absolute Gasteiger partial charge is 0.243 e. The van der Waals surface area contributed by atoms with Crippen molar-refractivity contribution in [3.8, 4) is 0 Å². The van der Waals surface area contributed by atoms with Gasteiger partial charge in [0, 0.05) is 51.0 Å². The van der Waals surface area contributed by atoms with Gasteiger partial charge in [-0.25, -0.2) is 21.1 Å². The number of benzene rings is 2. The van der Waals surface area contributed by atoms with E-state index in [1.165, 1.54) is 42.7 Å². The van der Waals surface area contributed by atoms with E-state index in [0.717, 1.165) is 9.99 Å². The molecule has 0 saturated carbocycles. The Morgan fingerprint density at radius 2 is 1.46 bits per heavy atom. The number of halogens is 1. The summed E-state index contributed by atoms with van der Waals surface area (Å²) in [6.45, 7) is 1.66. The highest BCUT2D eigenvalue weighted by Crippen LogP contribution is 2.25. The maximum Gasteiger partial charge on any atom is 0.243 e. The first-order chi connectivity index (χ1) is 13.1. The minimum Gasteiger partial charge on any atom is -0.369 e. The zero-order valence-corrected chi connectivity index (χ0v) is 18.0. The molecule has 1 aliphatic heterocycles. The van der Waals surface area contributed by atoms with Crippen LogP contribution in [0.4, 0.5) is 5.69 Å². The summed E-state index contributed by atoms with van der Waals surface area (Å²) in [4.78, 5) is 2.01. The second-order valence-electron chi connectivity index (χ2n) is 6.63. The Hall–Kier alpha value is -1.65. The highest BCUT2D eigenvalue weighted by molar-refractivity contribution is 7.90. The molecule has 0 unspecified atom stereocenters. The third-order valence-corrected chi connectivity index (χ3v) is 8.57. The van der Waals surface area contributed by atoms with Crippen molar-refractivity contribution in [1.29, 1.82) is 0 Å². The Labute approximate surface area is 171 Å². The second kappa shape index (κ2) is 8.00. The molecule has 28 heavy (non-hydrogen) atoms. The van der Waals surface area contributed by atoms with Crippen molar-refractivity contribution in [2.24, 2.45) is 0 Å². The number of hydrogen-bond donors (Lipinski definition) is 0. The van der Waals surface area contributed by atoms with Crippen LogP contribution in [0, 0.1) is 0 Å². The molecule has 0 aromatic heterocycles. The van der Waals surface area contributed by atoms with Crippen LogP contribution >= 0.6 is 11.6 Å². The van der Waals surface area contributed by atoms with Crippen molar-refractivity contribution < 1.29 is 16.8 Å². The second-order valence-corrected chi connectivity index (χ2v) is 11.2. The van der Waals surface area contributed by atoms with Crippen LogP contribution in [0.15, 0.2) is 58.3 Å². The third-order valence-electron chi connectivity index (χ3n) is 4.63. The Kier molecular flexibility index (Phi) is 6.02. The van der Waals surface area contributed by atoms with Crippen molar-refractivity contribution in [3.63, 3.8) is 0 Å². The number of sulfonamides is 2. The van der Waals surface area contributed by atoms with E-state index in [9.17, 15) is 16.8 Å². The van der Waals surface area contributed by atoms with Gasteiger partial charge in [-0.3, -0.25) is 0 Å². The van der Waals surface area contributed by atoms with Gasteiger partial charge in [0.05, 0.1) is 9.79 Å². The molecule has 1 aliphatic rings. The monoisotopic (exact) mass is 443 g/mol. The molecular formula is C18H22ClN3O4S2. The topological polar surface area (TPSA) is 78.0 Å². The van der Waals surface area contributed by atoms with E-state index in [1.807, 2.05) is 18.2 Å². The SMILES string of the molecule is CN(C)S(=O)(=O)c1cccc(S(=O)(=O)N2CCN(c3cccc(Cl)c3)CC2)c1. The molecule has 0 aliphatic carbocycles. The van der Waals surface area contributed by atoms with E-state index >= 15 is 0 Å². The summed E-state index contributed by atoms with van der Waals surface area (Å²) in [7, 11) is -4.68. The molecule has 0 spiro atoms. The minimum absolute atomic E-state index is 0.0216. The first-order valence-corrected chi connectivity index (χ1v) is 11.9. The molecule has 0 atom stereocenters. The van der Waals surface area contributed by atoms with Crippen LogP contribution in [0.2, 0.25) is 5.02 Å². The molecule has 7 nitrogen and oxygen atoms in total. The Morgan fingerprint density at radius 1 is 0.857 bits per heavy atom. The van der Waals surface area contributed by atoms with Gasteiger partial charge in [-0.2, -0.15) is 4.31 Å². The van der Waals surface area contributed by atoms with Gasteiger partial charge in [0.1, 0.15) is 0 Å². The summed E-state index contributed by atoms with van der Waals surface area (Å²) in [6, 6.07) is 12.9. The first kappa shape index (κ1) is 21.1. The fraction of sp³-hybridized carbons (Fsp3) is 0.333. The summed E-state index contributed by atoms with van der Waals surface area (Å²) >= 11 is 6.03. The van der Waals surface area contributed by atoms with E-state index in [0.29, 0.717) is 31.2 Å². The predicted octanol–water partition coefficient (Wildman–Crippen LogP) is 2.10. The summed E-state index contributed by atoms with van der Waals surface area (Å²) in [5.41, 5.74) is 0.948. The van der Waals surface area contributed by atoms with E-state index in [1.54, 1.807) is 6.07 Å². The summed E-state index contributed by atoms with van der Waals surface area (Å²) in [5, 5.41) is 0.631. The largest absolute Gasteiger partial charge is 0.369 e. The molecule has 0 bridgehead atoms. The van der Waals surface area contributed by atoms with Crippen LogP contribution in [0.1, 0.15) is 0 Å². The molecule has 1 heterocycles. The Bertz CT molecular complexity index is 1060. The van der Waals surface area contributed by atoms with Crippen molar-refractivity contribution >= 4 is 37.3 Å². The molecular weight excluding hydrogens is 422 g/mol. The summed E-state index contributed by atoms with van der Waals surface area (Å²) in [5.74, 6) is 0. The lowest BCUT2D eigenvalue weighted by Gasteiger charge is -2.35. The van der Waals surface area contributed by atoms with Gasteiger partial charge in [-0.1, -0.05) is 23.7 Å². The van der Waals surface area contributed by atoms with Crippen molar-refractivity contribution in [3.05, 3.63) is 53.6 Å². The maximum atomic E-state index is 13.0. The molecule has 1 saturated heterocycles. The average Bonchev–Trinajstić information content (AvgIpc) is 2.68. The standard InChI is InChI=1S/C18H22ClN3O4S2/c1-20(2)27(23,24)17-7-4-8-18(14-17)28(25,26)22-11-9-21(10-12-22)16-6-3-5-15(19)13-16/h3-8,13-14H,9-12H2,1-2H3. The number of nitrogens with zero attached hydrogens (tertiary/aromatic N) is 3. The average molecular weight is 444 g/mol. The molecule has 2 aromatic rings. The number of rotatable bonds is 5. The predicted molar refractivity (Wildman–Crippen MR) is 110 cm³/mol. The molecule has 2 aromatic carbocycles. The van der Waals surface area contributed by atoms with Crippen LogP contribution in [-0.4, -0.2) is 65.7 Å². The molecule has 0 radical (unpaired) electrons. The lowest BCUT2D eigenvalue weighted by atomic mass is 10.2. The van der Waals surface area contributed by atoms with Gasteiger partial charge in [0.2, 0.25) is 20.0 Å². The maximum absolute atomic E-state index is 13.0. The fourth-order valence-electron chi connectivity index (χ4n) is 3.01. The van der Waals surface area contributed by atoms with E-state index in [4.69, 9.17) is 11.6 Å². The Morgan fingerprint density at radius 3 is 2.07 bits per heavy atom. The molecule has 3 rings (SSSR count). The van der Waals surface area contributed by atoms with Crippen molar-refractivity contribution in [1.82, 2.24) is 8.61 Å². The van der Waals surface area contributed by atoms with Gasteiger partial charge >= 0.3 is 0 Å².